The van der Waals surface area contributed by atoms with E-state index >= 15 is 0 Å². The molecule has 4 atom stereocenters. The predicted molar refractivity (Wildman–Crippen MR) is 81.8 cm³/mol. The van der Waals surface area contributed by atoms with Crippen LogP contribution in [0.15, 0.2) is 11.1 Å². The molecule has 0 aliphatic heterocycles. The lowest BCUT2D eigenvalue weighted by atomic mass is 9.35. The monoisotopic (exact) mass is 303 g/mol. The number of carboxylic acid groups (broad SMARTS) is 1. The summed E-state index contributed by atoms with van der Waals surface area (Å²) < 4.78 is 0. The third-order valence-electron chi connectivity index (χ3n) is 6.69. The zero-order valence-electron chi connectivity index (χ0n) is 13.7. The number of carbonyl (C=O) groups is 1. The van der Waals surface area contributed by atoms with Crippen molar-refractivity contribution in [3.8, 4) is 6.07 Å². The van der Waals surface area contributed by atoms with Gasteiger partial charge in [-0.15, -0.1) is 0 Å². The van der Waals surface area contributed by atoms with Crippen LogP contribution in [0.25, 0.3) is 0 Å². The lowest BCUT2D eigenvalue weighted by Crippen LogP contribution is -2.61. The molecule has 0 aromatic rings. The highest BCUT2D eigenvalue weighted by molar-refractivity contribution is 5.87. The normalized spacial score (nSPS) is 47.0. The number of carboxylic acids is 1. The Morgan fingerprint density at radius 3 is 2.36 bits per heavy atom. The Morgan fingerprint density at radius 2 is 1.82 bits per heavy atom. The van der Waals surface area contributed by atoms with Crippen molar-refractivity contribution in [1.29, 1.82) is 5.26 Å². The molecule has 0 aromatic heterocycles. The molecular formula is C18H25NO3. The summed E-state index contributed by atoms with van der Waals surface area (Å²) in [4.78, 5) is 11.4. The highest BCUT2D eigenvalue weighted by Gasteiger charge is 2.67. The van der Waals surface area contributed by atoms with Crippen molar-refractivity contribution in [2.75, 3.05) is 6.61 Å². The van der Waals surface area contributed by atoms with Gasteiger partial charge in [-0.05, 0) is 68.6 Å². The summed E-state index contributed by atoms with van der Waals surface area (Å²) in [6.45, 7) is 5.92. The molecule has 0 radical (unpaired) electrons. The van der Waals surface area contributed by atoms with Crippen LogP contribution < -0.4 is 0 Å². The van der Waals surface area contributed by atoms with E-state index in [2.05, 4.69) is 13.0 Å². The fraction of sp³-hybridized carbons (Fsp3) is 0.778. The van der Waals surface area contributed by atoms with Gasteiger partial charge in [-0.3, -0.25) is 0 Å². The Hall–Kier alpha value is -1.34. The van der Waals surface area contributed by atoms with E-state index in [4.69, 9.17) is 0 Å². The number of aliphatic carboxylic acids is 1. The molecule has 2 N–H and O–H groups in total. The van der Waals surface area contributed by atoms with E-state index in [9.17, 15) is 20.3 Å². The van der Waals surface area contributed by atoms with Gasteiger partial charge in [-0.1, -0.05) is 12.5 Å². The maximum absolute atomic E-state index is 11.4. The molecule has 4 heteroatoms. The van der Waals surface area contributed by atoms with Gasteiger partial charge in [0.25, 0.3) is 0 Å². The summed E-state index contributed by atoms with van der Waals surface area (Å²) in [6, 6.07) is 2.56. The molecule has 0 amide bonds. The SMILES string of the molecule is CC(C(=O)O)=C(C)C12CC3(C)CC(C#N)(CC(CO)(C3)C1)C2. The average Bonchev–Trinajstić information content (AvgIpc) is 2.43. The summed E-state index contributed by atoms with van der Waals surface area (Å²) in [5.74, 6) is -0.873. The molecule has 4 nitrogen and oxygen atoms in total. The lowest BCUT2D eigenvalue weighted by Gasteiger charge is -2.68. The van der Waals surface area contributed by atoms with Gasteiger partial charge in [0.2, 0.25) is 0 Å². The minimum absolute atomic E-state index is 0.0350. The molecule has 4 rings (SSSR count). The number of nitrogens with zero attached hydrogens (tertiary/aromatic N) is 1. The minimum atomic E-state index is -0.873. The number of rotatable bonds is 3. The highest BCUT2D eigenvalue weighted by Crippen LogP contribution is 2.75. The second-order valence-electron chi connectivity index (χ2n) is 8.76. The van der Waals surface area contributed by atoms with Crippen molar-refractivity contribution in [1.82, 2.24) is 0 Å². The average molecular weight is 303 g/mol. The van der Waals surface area contributed by atoms with Gasteiger partial charge in [0.05, 0.1) is 11.5 Å². The van der Waals surface area contributed by atoms with E-state index in [0.29, 0.717) is 5.57 Å². The molecule has 0 heterocycles. The first-order valence-electron chi connectivity index (χ1n) is 8.06. The Balaban J connectivity index is 2.16. The van der Waals surface area contributed by atoms with Crippen LogP contribution in [0, 0.1) is 33.0 Å². The van der Waals surface area contributed by atoms with Gasteiger partial charge >= 0.3 is 5.97 Å². The largest absolute Gasteiger partial charge is 0.478 e. The van der Waals surface area contributed by atoms with Crippen LogP contribution in [0.1, 0.15) is 59.3 Å². The number of aliphatic hydroxyl groups excluding tert-OH is 1. The Kier molecular flexibility index (Phi) is 3.08. The molecule has 4 fully saturated rings. The number of allylic oxidation sites excluding steroid dienone is 1. The number of hydrogen-bond donors (Lipinski definition) is 2. The van der Waals surface area contributed by atoms with Gasteiger partial charge < -0.3 is 10.2 Å². The molecule has 4 unspecified atom stereocenters. The molecular weight excluding hydrogens is 278 g/mol. The van der Waals surface area contributed by atoms with Gasteiger partial charge in [0.1, 0.15) is 0 Å². The van der Waals surface area contributed by atoms with Crippen molar-refractivity contribution in [2.24, 2.45) is 21.7 Å². The first kappa shape index (κ1) is 15.6. The van der Waals surface area contributed by atoms with Crippen LogP contribution in [0.2, 0.25) is 0 Å². The second-order valence-corrected chi connectivity index (χ2v) is 8.76. The number of nitriles is 1. The van der Waals surface area contributed by atoms with Crippen molar-refractivity contribution >= 4 is 5.97 Å². The van der Waals surface area contributed by atoms with Gasteiger partial charge in [-0.2, -0.15) is 5.26 Å². The van der Waals surface area contributed by atoms with Crippen LogP contribution in [-0.2, 0) is 4.79 Å². The van der Waals surface area contributed by atoms with Crippen LogP contribution in [0.5, 0.6) is 0 Å². The van der Waals surface area contributed by atoms with Crippen LogP contribution >= 0.6 is 0 Å². The quantitative estimate of drug-likeness (QED) is 0.784. The van der Waals surface area contributed by atoms with E-state index in [1.165, 1.54) is 0 Å². The molecule has 120 valence electrons. The molecule has 4 saturated carbocycles. The second kappa shape index (κ2) is 4.35. The van der Waals surface area contributed by atoms with Crippen molar-refractivity contribution in [3.05, 3.63) is 11.1 Å². The van der Waals surface area contributed by atoms with E-state index < -0.39 is 11.4 Å². The standard InChI is InChI=1S/C18H25NO3/c1-12(14(21)22)13(2)18-6-15(3)4-16(8-18,10-19)7-17(5-15,9-18)11-20/h20H,4-9,11H2,1-3H3,(H,21,22). The summed E-state index contributed by atoms with van der Waals surface area (Å²) >= 11 is 0. The van der Waals surface area contributed by atoms with E-state index in [1.807, 2.05) is 6.92 Å². The first-order valence-corrected chi connectivity index (χ1v) is 8.06. The third-order valence-corrected chi connectivity index (χ3v) is 6.69. The lowest BCUT2D eigenvalue weighted by molar-refractivity contribution is -0.176. The first-order chi connectivity index (χ1) is 10.1. The fourth-order valence-corrected chi connectivity index (χ4v) is 6.61. The van der Waals surface area contributed by atoms with Crippen molar-refractivity contribution in [2.45, 2.75) is 59.3 Å². The van der Waals surface area contributed by atoms with Gasteiger partial charge in [0, 0.05) is 12.2 Å². The zero-order valence-corrected chi connectivity index (χ0v) is 13.7. The summed E-state index contributed by atoms with van der Waals surface area (Å²) in [5, 5.41) is 29.3. The van der Waals surface area contributed by atoms with Crippen molar-refractivity contribution in [3.63, 3.8) is 0 Å². The Bertz CT molecular complexity index is 618. The van der Waals surface area contributed by atoms with E-state index in [0.717, 1.165) is 44.1 Å². The highest BCUT2D eigenvalue weighted by atomic mass is 16.4. The molecule has 22 heavy (non-hydrogen) atoms. The van der Waals surface area contributed by atoms with Crippen molar-refractivity contribution < 1.29 is 15.0 Å². The maximum Gasteiger partial charge on any atom is 0.331 e. The summed E-state index contributed by atoms with van der Waals surface area (Å²) in [7, 11) is 0. The van der Waals surface area contributed by atoms with E-state index in [-0.39, 0.29) is 22.9 Å². The maximum atomic E-state index is 11.4. The molecule has 4 aliphatic carbocycles. The van der Waals surface area contributed by atoms with Gasteiger partial charge in [-0.25, -0.2) is 4.79 Å². The zero-order chi connectivity index (χ0) is 16.4. The van der Waals surface area contributed by atoms with Crippen LogP contribution in [0.3, 0.4) is 0 Å². The number of hydrogen-bond acceptors (Lipinski definition) is 3. The smallest absolute Gasteiger partial charge is 0.331 e. The predicted octanol–water partition coefficient (Wildman–Crippen LogP) is 3.27. The van der Waals surface area contributed by atoms with Crippen LogP contribution in [-0.4, -0.2) is 22.8 Å². The third kappa shape index (κ3) is 1.95. The molecule has 0 aromatic carbocycles. The van der Waals surface area contributed by atoms with E-state index in [1.54, 1.807) is 6.92 Å². The Labute approximate surface area is 131 Å². The molecule has 0 spiro atoms. The minimum Gasteiger partial charge on any atom is -0.478 e. The molecule has 4 aliphatic rings. The fourth-order valence-electron chi connectivity index (χ4n) is 6.61. The Morgan fingerprint density at radius 1 is 1.14 bits per heavy atom. The number of aliphatic hydroxyl groups is 1. The topological polar surface area (TPSA) is 81.3 Å². The molecule has 0 saturated heterocycles. The van der Waals surface area contributed by atoms with Gasteiger partial charge in [0.15, 0.2) is 0 Å². The molecule has 4 bridgehead atoms. The summed E-state index contributed by atoms with van der Waals surface area (Å²) in [5.41, 5.74) is 0.526. The summed E-state index contributed by atoms with van der Waals surface area (Å²) in [6.07, 6.45) is 5.14. The van der Waals surface area contributed by atoms with Crippen LogP contribution in [0.4, 0.5) is 0 Å².